The summed E-state index contributed by atoms with van der Waals surface area (Å²) in [6.45, 7) is 4.51. The van der Waals surface area contributed by atoms with Crippen LogP contribution in [0.25, 0.3) is 0 Å². The van der Waals surface area contributed by atoms with Gasteiger partial charge in [0.15, 0.2) is 0 Å². The van der Waals surface area contributed by atoms with Gasteiger partial charge in [0, 0.05) is 24.8 Å². The van der Waals surface area contributed by atoms with E-state index in [0.29, 0.717) is 12.1 Å². The smallest absolute Gasteiger partial charge is 0.0707 e. The molecule has 0 radical (unpaired) electrons. The van der Waals surface area contributed by atoms with Crippen molar-refractivity contribution < 1.29 is 0 Å². The highest BCUT2D eigenvalue weighted by molar-refractivity contribution is 5.64. The molecule has 2 aromatic rings. The minimum absolute atomic E-state index is 0.550. The third-order valence-corrected chi connectivity index (χ3v) is 5.90. The molecule has 1 saturated heterocycles. The summed E-state index contributed by atoms with van der Waals surface area (Å²) in [5.41, 5.74) is 9.11. The molecule has 2 heterocycles. The zero-order chi connectivity index (χ0) is 14.8. The van der Waals surface area contributed by atoms with Crippen molar-refractivity contribution in [1.82, 2.24) is 4.90 Å². The molecule has 2 aliphatic heterocycles. The Morgan fingerprint density at radius 3 is 2.77 bits per heavy atom. The molecule has 1 fully saturated rings. The molecule has 0 aromatic heterocycles. The topological polar surface area (TPSA) is 6.48 Å². The van der Waals surface area contributed by atoms with Gasteiger partial charge in [-0.05, 0) is 55.1 Å². The van der Waals surface area contributed by atoms with E-state index in [0.717, 1.165) is 19.5 Å². The van der Waals surface area contributed by atoms with Crippen LogP contribution >= 0.6 is 0 Å². The second-order valence-electron chi connectivity index (χ2n) is 7.19. The van der Waals surface area contributed by atoms with Gasteiger partial charge in [-0.1, -0.05) is 35.9 Å². The van der Waals surface area contributed by atoms with Crippen LogP contribution in [0, 0.1) is 6.92 Å². The fraction of sp³-hybridized carbons (Fsp3) is 0.400. The first-order valence-corrected chi connectivity index (χ1v) is 8.39. The SMILES string of the molecule is Cc1ccc2c(c1)Cc1cccc3c1[C@H]1[C@H](C3)N(C)CCN21. The average molecular weight is 290 g/mol. The van der Waals surface area contributed by atoms with Crippen molar-refractivity contribution in [2.24, 2.45) is 0 Å². The van der Waals surface area contributed by atoms with E-state index in [1.807, 2.05) is 0 Å². The first-order valence-electron chi connectivity index (χ1n) is 8.39. The second kappa shape index (κ2) is 4.36. The molecular weight excluding hydrogens is 268 g/mol. The fourth-order valence-corrected chi connectivity index (χ4v) is 4.85. The van der Waals surface area contributed by atoms with Crippen LogP contribution < -0.4 is 4.90 Å². The quantitative estimate of drug-likeness (QED) is 0.734. The predicted molar refractivity (Wildman–Crippen MR) is 90.6 cm³/mol. The summed E-state index contributed by atoms with van der Waals surface area (Å²) in [6, 6.07) is 15.2. The van der Waals surface area contributed by atoms with Crippen molar-refractivity contribution in [3.8, 4) is 0 Å². The van der Waals surface area contributed by atoms with Crippen molar-refractivity contribution in [2.75, 3.05) is 25.0 Å². The van der Waals surface area contributed by atoms with E-state index in [9.17, 15) is 0 Å². The molecule has 0 unspecified atom stereocenters. The van der Waals surface area contributed by atoms with Gasteiger partial charge in [0.05, 0.1) is 6.04 Å². The van der Waals surface area contributed by atoms with Gasteiger partial charge in [-0.2, -0.15) is 0 Å². The number of fused-ring (bicyclic) bond motifs is 2. The lowest BCUT2D eigenvalue weighted by atomic mass is 9.96. The van der Waals surface area contributed by atoms with E-state index >= 15 is 0 Å². The number of likely N-dealkylation sites (N-methyl/N-ethyl adjacent to an activating group) is 1. The van der Waals surface area contributed by atoms with Gasteiger partial charge in [-0.15, -0.1) is 0 Å². The molecule has 2 nitrogen and oxygen atoms in total. The van der Waals surface area contributed by atoms with E-state index in [1.165, 1.54) is 23.2 Å². The third kappa shape index (κ3) is 1.59. The molecule has 1 aliphatic carbocycles. The number of rotatable bonds is 0. The minimum Gasteiger partial charge on any atom is -0.361 e. The number of hydrogen-bond donors (Lipinski definition) is 0. The lowest BCUT2D eigenvalue weighted by molar-refractivity contribution is 0.186. The van der Waals surface area contributed by atoms with Gasteiger partial charge >= 0.3 is 0 Å². The molecule has 5 rings (SSSR count). The predicted octanol–water partition coefficient (Wildman–Crippen LogP) is 3.32. The van der Waals surface area contributed by atoms with Crippen LogP contribution in [0.5, 0.6) is 0 Å². The van der Waals surface area contributed by atoms with Crippen molar-refractivity contribution in [1.29, 1.82) is 0 Å². The van der Waals surface area contributed by atoms with E-state index in [1.54, 1.807) is 16.7 Å². The van der Waals surface area contributed by atoms with Crippen molar-refractivity contribution in [2.45, 2.75) is 31.8 Å². The number of nitrogens with zero attached hydrogens (tertiary/aromatic N) is 2. The first-order chi connectivity index (χ1) is 10.7. The maximum atomic E-state index is 2.70. The lowest BCUT2D eigenvalue weighted by Crippen LogP contribution is -2.52. The fourth-order valence-electron chi connectivity index (χ4n) is 4.85. The van der Waals surface area contributed by atoms with Crippen molar-refractivity contribution in [3.63, 3.8) is 0 Å². The van der Waals surface area contributed by atoms with Crippen molar-refractivity contribution >= 4 is 5.69 Å². The molecule has 3 aliphatic rings. The minimum atomic E-state index is 0.550. The Morgan fingerprint density at radius 1 is 1.00 bits per heavy atom. The van der Waals surface area contributed by atoms with Crippen LogP contribution in [0.4, 0.5) is 5.69 Å². The molecule has 0 spiro atoms. The Labute approximate surface area is 132 Å². The lowest BCUT2D eigenvalue weighted by Gasteiger charge is -2.44. The van der Waals surface area contributed by atoms with Gasteiger partial charge in [0.1, 0.15) is 0 Å². The van der Waals surface area contributed by atoms with E-state index in [-0.39, 0.29) is 0 Å². The average Bonchev–Trinajstić information content (AvgIpc) is 2.83. The number of aryl methyl sites for hydroxylation is 1. The van der Waals surface area contributed by atoms with Gasteiger partial charge in [0.25, 0.3) is 0 Å². The van der Waals surface area contributed by atoms with Gasteiger partial charge in [-0.25, -0.2) is 0 Å². The highest BCUT2D eigenvalue weighted by atomic mass is 15.3. The molecule has 22 heavy (non-hydrogen) atoms. The van der Waals surface area contributed by atoms with Crippen LogP contribution in [0.1, 0.15) is 33.9 Å². The van der Waals surface area contributed by atoms with E-state index < -0.39 is 0 Å². The van der Waals surface area contributed by atoms with Crippen LogP contribution in [-0.4, -0.2) is 31.1 Å². The molecule has 2 aromatic carbocycles. The van der Waals surface area contributed by atoms with E-state index in [4.69, 9.17) is 0 Å². The Morgan fingerprint density at radius 2 is 1.86 bits per heavy atom. The Bertz CT molecular complexity index is 764. The number of piperazine rings is 1. The Hall–Kier alpha value is -1.80. The normalized spacial score (nSPS) is 25.6. The first kappa shape index (κ1) is 12.7. The molecule has 0 N–H and O–H groups in total. The summed E-state index contributed by atoms with van der Waals surface area (Å²) >= 11 is 0. The summed E-state index contributed by atoms with van der Waals surface area (Å²) in [7, 11) is 2.30. The molecular formula is C20H22N2. The molecule has 0 saturated carbocycles. The highest BCUT2D eigenvalue weighted by Gasteiger charge is 2.44. The second-order valence-corrected chi connectivity index (χ2v) is 7.19. The maximum absolute atomic E-state index is 2.70. The van der Waals surface area contributed by atoms with Crippen LogP contribution in [-0.2, 0) is 12.8 Å². The zero-order valence-electron chi connectivity index (χ0n) is 13.3. The zero-order valence-corrected chi connectivity index (χ0v) is 13.3. The van der Waals surface area contributed by atoms with Crippen LogP contribution in [0.2, 0.25) is 0 Å². The summed E-state index contributed by atoms with van der Waals surface area (Å²) in [5.74, 6) is 0. The Balaban J connectivity index is 1.78. The molecule has 2 atom stereocenters. The Kier molecular flexibility index (Phi) is 2.52. The summed E-state index contributed by atoms with van der Waals surface area (Å²) < 4.78 is 0. The summed E-state index contributed by atoms with van der Waals surface area (Å²) in [6.07, 6.45) is 2.30. The highest BCUT2D eigenvalue weighted by Crippen LogP contribution is 2.47. The van der Waals surface area contributed by atoms with Gasteiger partial charge < -0.3 is 4.90 Å². The monoisotopic (exact) mass is 290 g/mol. The molecule has 112 valence electrons. The molecule has 0 amide bonds. The summed E-state index contributed by atoms with van der Waals surface area (Å²) in [5, 5.41) is 0. The number of hydrogen-bond acceptors (Lipinski definition) is 2. The van der Waals surface area contributed by atoms with Crippen molar-refractivity contribution in [3.05, 3.63) is 64.2 Å². The third-order valence-electron chi connectivity index (χ3n) is 5.90. The number of benzene rings is 2. The van der Waals surface area contributed by atoms with Crippen LogP contribution in [0.15, 0.2) is 36.4 Å². The summed E-state index contributed by atoms with van der Waals surface area (Å²) in [4.78, 5) is 5.27. The number of anilines is 1. The largest absolute Gasteiger partial charge is 0.361 e. The van der Waals surface area contributed by atoms with Crippen LogP contribution in [0.3, 0.4) is 0 Å². The molecule has 0 bridgehead atoms. The van der Waals surface area contributed by atoms with Gasteiger partial charge in [-0.3, -0.25) is 4.90 Å². The maximum Gasteiger partial charge on any atom is 0.0707 e. The van der Waals surface area contributed by atoms with Gasteiger partial charge in [0.2, 0.25) is 0 Å². The van der Waals surface area contributed by atoms with E-state index in [2.05, 4.69) is 60.2 Å². The molecule has 2 heteroatoms. The standard InChI is InChI=1S/C20H22N2/c1-13-6-7-17-16(10-13)11-14-4-3-5-15-12-18-20(19(14)15)22(17)9-8-21(18)2/h3-7,10,18,20H,8-9,11-12H2,1-2H3/t18-,20+/m0/s1.